The highest BCUT2D eigenvalue weighted by molar-refractivity contribution is 9.10. The smallest absolute Gasteiger partial charge is 0.306 e. The Hall–Kier alpha value is -2.94. The molecule has 0 aliphatic carbocycles. The Bertz CT molecular complexity index is 1070. The molecule has 0 N–H and O–H groups in total. The average molecular weight is 489 g/mol. The molecule has 164 valence electrons. The lowest BCUT2D eigenvalue weighted by atomic mass is 10.2. The topological polar surface area (TPSA) is 86.0 Å². The number of carbonyl (C=O) groups excluding carboxylic acids is 2. The zero-order chi connectivity index (χ0) is 22.6. The van der Waals surface area contributed by atoms with Crippen molar-refractivity contribution >= 4 is 39.1 Å². The summed E-state index contributed by atoms with van der Waals surface area (Å²) in [6, 6.07) is 6.95. The van der Waals surface area contributed by atoms with Gasteiger partial charge in [-0.2, -0.15) is 5.10 Å². The summed E-state index contributed by atoms with van der Waals surface area (Å²) in [7, 11) is 1.67. The van der Waals surface area contributed by atoms with Gasteiger partial charge in [0.05, 0.1) is 29.0 Å². The van der Waals surface area contributed by atoms with Gasteiger partial charge in [0.25, 0.3) is 5.91 Å². The number of hydrogen-bond acceptors (Lipinski definition) is 6. The molecule has 0 saturated heterocycles. The highest BCUT2D eigenvalue weighted by Gasteiger charge is 2.17. The molecule has 0 atom stereocenters. The average Bonchev–Trinajstić information content (AvgIpc) is 3.09. The van der Waals surface area contributed by atoms with Crippen LogP contribution in [0.1, 0.15) is 44.0 Å². The lowest BCUT2D eigenvalue weighted by molar-refractivity contribution is -0.155. The number of carbonyl (C=O) groups is 2. The molecular formula is C22H25BrN4O4. The minimum absolute atomic E-state index is 0.186. The molecule has 3 heterocycles. The van der Waals surface area contributed by atoms with Crippen LogP contribution in [-0.4, -0.2) is 45.7 Å². The largest absolute Gasteiger partial charge is 0.492 e. The molecule has 3 rings (SSSR count). The fourth-order valence-electron chi connectivity index (χ4n) is 2.84. The van der Waals surface area contributed by atoms with Crippen molar-refractivity contribution in [3.05, 3.63) is 52.9 Å². The van der Waals surface area contributed by atoms with Crippen LogP contribution in [0.25, 0.3) is 5.52 Å². The van der Waals surface area contributed by atoms with Crippen LogP contribution < -0.4 is 9.64 Å². The molecule has 0 spiro atoms. The van der Waals surface area contributed by atoms with Gasteiger partial charge in [0.2, 0.25) is 0 Å². The Morgan fingerprint density at radius 1 is 1.19 bits per heavy atom. The van der Waals surface area contributed by atoms with Crippen LogP contribution in [0.15, 0.2) is 47.3 Å². The Kier molecular flexibility index (Phi) is 6.94. The van der Waals surface area contributed by atoms with Gasteiger partial charge >= 0.3 is 5.97 Å². The molecule has 3 aromatic rings. The normalized spacial score (nSPS) is 11.4. The molecule has 31 heavy (non-hydrogen) atoms. The summed E-state index contributed by atoms with van der Waals surface area (Å²) >= 11 is 3.43. The van der Waals surface area contributed by atoms with Gasteiger partial charge in [0.15, 0.2) is 0 Å². The third-order valence-electron chi connectivity index (χ3n) is 4.30. The molecule has 1 amide bonds. The molecule has 9 heteroatoms. The van der Waals surface area contributed by atoms with E-state index in [0.717, 1.165) is 9.99 Å². The van der Waals surface area contributed by atoms with Gasteiger partial charge in [-0.15, -0.1) is 0 Å². The van der Waals surface area contributed by atoms with Crippen molar-refractivity contribution < 1.29 is 19.1 Å². The number of ether oxygens (including phenoxy) is 2. The van der Waals surface area contributed by atoms with Gasteiger partial charge in [0.1, 0.15) is 17.2 Å². The van der Waals surface area contributed by atoms with E-state index < -0.39 is 5.60 Å². The van der Waals surface area contributed by atoms with Gasteiger partial charge in [0, 0.05) is 25.2 Å². The monoisotopic (exact) mass is 488 g/mol. The summed E-state index contributed by atoms with van der Waals surface area (Å²) < 4.78 is 13.4. The third kappa shape index (κ3) is 6.04. The summed E-state index contributed by atoms with van der Waals surface area (Å²) in [4.78, 5) is 30.4. The van der Waals surface area contributed by atoms with Crippen molar-refractivity contribution in [1.29, 1.82) is 0 Å². The highest BCUT2D eigenvalue weighted by Crippen LogP contribution is 2.21. The second-order valence-electron chi connectivity index (χ2n) is 7.99. The van der Waals surface area contributed by atoms with E-state index in [1.807, 2.05) is 20.8 Å². The number of hydrogen-bond donors (Lipinski definition) is 0. The number of pyridine rings is 2. The summed E-state index contributed by atoms with van der Waals surface area (Å²) in [6.45, 7) is 5.89. The maximum atomic E-state index is 12.8. The maximum absolute atomic E-state index is 12.8. The van der Waals surface area contributed by atoms with E-state index in [0.29, 0.717) is 30.2 Å². The zero-order valence-electron chi connectivity index (χ0n) is 18.0. The Balaban J connectivity index is 1.54. The fourth-order valence-corrected chi connectivity index (χ4v) is 3.22. The van der Waals surface area contributed by atoms with Gasteiger partial charge in [-0.1, -0.05) is 0 Å². The Morgan fingerprint density at radius 3 is 2.65 bits per heavy atom. The molecule has 0 saturated carbocycles. The predicted molar refractivity (Wildman–Crippen MR) is 120 cm³/mol. The predicted octanol–water partition coefficient (Wildman–Crippen LogP) is 4.27. The number of esters is 1. The van der Waals surface area contributed by atoms with E-state index in [4.69, 9.17) is 9.47 Å². The van der Waals surface area contributed by atoms with E-state index in [1.54, 1.807) is 54.4 Å². The second-order valence-corrected chi connectivity index (χ2v) is 8.85. The summed E-state index contributed by atoms with van der Waals surface area (Å²) in [5.41, 5.74) is 0.852. The molecule has 0 aliphatic rings. The fraction of sp³-hybridized carbons (Fsp3) is 0.364. The zero-order valence-corrected chi connectivity index (χ0v) is 19.5. The second kappa shape index (κ2) is 9.47. The lowest BCUT2D eigenvalue weighted by Crippen LogP contribution is -2.27. The molecule has 8 nitrogen and oxygen atoms in total. The molecule has 0 bridgehead atoms. The van der Waals surface area contributed by atoms with Gasteiger partial charge in [-0.25, -0.2) is 9.50 Å². The first-order chi connectivity index (χ1) is 14.6. The highest BCUT2D eigenvalue weighted by atomic mass is 79.9. The molecule has 0 fully saturated rings. The summed E-state index contributed by atoms with van der Waals surface area (Å²) in [6.07, 6.45) is 5.81. The van der Waals surface area contributed by atoms with E-state index in [9.17, 15) is 9.59 Å². The molecule has 0 radical (unpaired) electrons. The number of anilines is 1. The van der Waals surface area contributed by atoms with E-state index in [1.165, 1.54) is 4.90 Å². The first-order valence-electron chi connectivity index (χ1n) is 9.86. The Morgan fingerprint density at radius 2 is 1.97 bits per heavy atom. The van der Waals surface area contributed by atoms with Crippen molar-refractivity contribution in [2.45, 2.75) is 39.2 Å². The van der Waals surface area contributed by atoms with Crippen LogP contribution in [0.3, 0.4) is 0 Å². The van der Waals surface area contributed by atoms with Crippen LogP contribution in [-0.2, 0) is 9.53 Å². The van der Waals surface area contributed by atoms with Crippen molar-refractivity contribution in [3.63, 3.8) is 0 Å². The van der Waals surface area contributed by atoms with E-state index >= 15 is 0 Å². The number of rotatable bonds is 7. The van der Waals surface area contributed by atoms with Crippen molar-refractivity contribution in [2.75, 3.05) is 18.6 Å². The number of amides is 1. The standard InChI is InChI=1S/C22H25BrN4O4/c1-22(2,3)31-20(28)6-5-11-30-16-7-8-19(24-13-16)26(4)21(29)15-9-10-27-18(12-15)17(23)14-25-27/h7-10,12-14H,5-6,11H2,1-4H3. The maximum Gasteiger partial charge on any atom is 0.306 e. The van der Waals surface area contributed by atoms with Crippen LogP contribution in [0.5, 0.6) is 5.75 Å². The van der Waals surface area contributed by atoms with Crippen LogP contribution in [0, 0.1) is 0 Å². The molecule has 0 aliphatic heterocycles. The molecule has 0 aromatic carbocycles. The molecular weight excluding hydrogens is 464 g/mol. The van der Waals surface area contributed by atoms with E-state index in [-0.39, 0.29) is 18.3 Å². The lowest BCUT2D eigenvalue weighted by Gasteiger charge is -2.19. The van der Waals surface area contributed by atoms with Gasteiger partial charge in [-0.3, -0.25) is 14.5 Å². The number of nitrogens with zero attached hydrogens (tertiary/aromatic N) is 4. The number of fused-ring (bicyclic) bond motifs is 1. The quantitative estimate of drug-likeness (QED) is 0.364. The first-order valence-corrected chi connectivity index (χ1v) is 10.6. The SMILES string of the molecule is CN(C(=O)c1ccn2ncc(Br)c2c1)c1ccc(OCCCC(=O)OC(C)(C)C)cn1. The minimum atomic E-state index is -0.484. The van der Waals surface area contributed by atoms with Crippen molar-refractivity contribution in [1.82, 2.24) is 14.6 Å². The summed E-state index contributed by atoms with van der Waals surface area (Å²) in [5.74, 6) is 0.636. The van der Waals surface area contributed by atoms with Crippen LogP contribution in [0.4, 0.5) is 5.82 Å². The third-order valence-corrected chi connectivity index (χ3v) is 4.92. The number of aromatic nitrogens is 3. The molecule has 0 unspecified atom stereocenters. The van der Waals surface area contributed by atoms with Crippen molar-refractivity contribution in [3.8, 4) is 5.75 Å². The first kappa shape index (κ1) is 22.7. The van der Waals surface area contributed by atoms with Crippen molar-refractivity contribution in [2.24, 2.45) is 0 Å². The van der Waals surface area contributed by atoms with Gasteiger partial charge in [-0.05, 0) is 67.4 Å². The van der Waals surface area contributed by atoms with Crippen LogP contribution in [0.2, 0.25) is 0 Å². The Labute approximate surface area is 189 Å². The minimum Gasteiger partial charge on any atom is -0.492 e. The molecule has 3 aromatic heterocycles. The van der Waals surface area contributed by atoms with E-state index in [2.05, 4.69) is 26.0 Å². The van der Waals surface area contributed by atoms with Crippen LogP contribution >= 0.6 is 15.9 Å². The van der Waals surface area contributed by atoms with Gasteiger partial charge < -0.3 is 9.47 Å². The summed E-state index contributed by atoms with van der Waals surface area (Å²) in [5, 5.41) is 4.18. The number of halogens is 1.